The van der Waals surface area contributed by atoms with E-state index in [2.05, 4.69) is 15.7 Å². The monoisotopic (exact) mass is 721 g/mol. The largest absolute Gasteiger partial charge is 0.527 e. The zero-order valence-electron chi connectivity index (χ0n) is 30.0. The number of likely N-dealkylation sites (tertiary alicyclic amines) is 1. The van der Waals surface area contributed by atoms with Gasteiger partial charge in [-0.05, 0) is 63.0 Å². The predicted molar refractivity (Wildman–Crippen MR) is 188 cm³/mol. The molecule has 2 atom stereocenters. The van der Waals surface area contributed by atoms with E-state index >= 15 is 0 Å². The molecule has 282 valence electrons. The van der Waals surface area contributed by atoms with Gasteiger partial charge in [0.05, 0.1) is 25.4 Å². The van der Waals surface area contributed by atoms with E-state index in [1.54, 1.807) is 9.80 Å². The van der Waals surface area contributed by atoms with E-state index in [-0.39, 0.29) is 41.9 Å². The first-order valence-electron chi connectivity index (χ1n) is 18.9. The van der Waals surface area contributed by atoms with E-state index in [0.717, 1.165) is 57.8 Å². The van der Waals surface area contributed by atoms with Crippen molar-refractivity contribution in [3.8, 4) is 11.6 Å². The number of carbonyl (C=O) groups excluding carboxylic acids is 5. The molecule has 0 unspecified atom stereocenters. The van der Waals surface area contributed by atoms with Gasteiger partial charge in [-0.1, -0.05) is 50.8 Å². The van der Waals surface area contributed by atoms with Crippen molar-refractivity contribution in [1.82, 2.24) is 35.3 Å². The summed E-state index contributed by atoms with van der Waals surface area (Å²) < 4.78 is 12.6. The molecule has 0 spiro atoms. The Balaban J connectivity index is 1.10. The first kappa shape index (κ1) is 37.1. The SMILES string of the molecule is CCCCOC(=O)ON1CCN(C(=O)[C@H](CC2CCC2)NC(=O)c2cc(OCC(=O)N3CCC[C@H]3C(=O)NC3CCC3)n(-c3ccccc3)n2)CC1. The van der Waals surface area contributed by atoms with Gasteiger partial charge in [-0.3, -0.25) is 19.2 Å². The third kappa shape index (κ3) is 9.41. The molecule has 2 aliphatic carbocycles. The summed E-state index contributed by atoms with van der Waals surface area (Å²) in [5, 5.41) is 12.0. The second-order valence-corrected chi connectivity index (χ2v) is 14.1. The van der Waals surface area contributed by atoms with Gasteiger partial charge in [0.25, 0.3) is 11.8 Å². The maximum Gasteiger partial charge on any atom is 0.527 e. The molecule has 15 heteroatoms. The molecule has 2 N–H and O–H groups in total. The molecule has 4 aliphatic rings. The van der Waals surface area contributed by atoms with Gasteiger partial charge in [0.2, 0.25) is 17.7 Å². The maximum atomic E-state index is 13.8. The van der Waals surface area contributed by atoms with Crippen LogP contribution in [0, 0.1) is 5.92 Å². The van der Waals surface area contributed by atoms with Gasteiger partial charge in [-0.2, -0.15) is 5.10 Å². The summed E-state index contributed by atoms with van der Waals surface area (Å²) in [6.45, 7) is 3.74. The Labute approximate surface area is 304 Å². The number of hydrogen-bond donors (Lipinski definition) is 2. The number of nitrogens with one attached hydrogen (secondary N) is 2. The fourth-order valence-electron chi connectivity index (χ4n) is 6.91. The summed E-state index contributed by atoms with van der Waals surface area (Å²) in [5.41, 5.74) is 0.663. The molecule has 4 fully saturated rings. The number of aromatic nitrogens is 2. The van der Waals surface area contributed by atoms with Gasteiger partial charge in [-0.15, -0.1) is 5.06 Å². The van der Waals surface area contributed by atoms with Crippen LogP contribution < -0.4 is 15.4 Å². The Morgan fingerprint density at radius 3 is 2.35 bits per heavy atom. The highest BCUT2D eigenvalue weighted by Crippen LogP contribution is 2.31. The van der Waals surface area contributed by atoms with Gasteiger partial charge >= 0.3 is 6.16 Å². The molecule has 15 nitrogen and oxygen atoms in total. The summed E-state index contributed by atoms with van der Waals surface area (Å²) in [4.78, 5) is 74.4. The lowest BCUT2D eigenvalue weighted by Gasteiger charge is -2.36. The van der Waals surface area contributed by atoms with E-state index < -0.39 is 24.1 Å². The number of nitrogens with zero attached hydrogens (tertiary/aromatic N) is 5. The van der Waals surface area contributed by atoms with Crippen molar-refractivity contribution in [3.05, 3.63) is 42.1 Å². The second-order valence-electron chi connectivity index (χ2n) is 14.1. The lowest BCUT2D eigenvalue weighted by Crippen LogP contribution is -2.55. The minimum Gasteiger partial charge on any atom is -0.467 e. The van der Waals surface area contributed by atoms with E-state index in [1.807, 2.05) is 37.3 Å². The van der Waals surface area contributed by atoms with Crippen LogP contribution in [0.2, 0.25) is 0 Å². The number of hydroxylamine groups is 2. The molecular weight excluding hydrogens is 670 g/mol. The minimum absolute atomic E-state index is 0.0384. The average Bonchev–Trinajstić information content (AvgIpc) is 3.79. The van der Waals surface area contributed by atoms with Crippen LogP contribution in [0.4, 0.5) is 4.79 Å². The lowest BCUT2D eigenvalue weighted by atomic mass is 9.80. The van der Waals surface area contributed by atoms with Gasteiger partial charge in [0.15, 0.2) is 12.3 Å². The van der Waals surface area contributed by atoms with Crippen LogP contribution in [-0.2, 0) is 24.0 Å². The van der Waals surface area contributed by atoms with E-state index in [1.165, 1.54) is 15.8 Å². The highest BCUT2D eigenvalue weighted by Gasteiger charge is 2.37. The van der Waals surface area contributed by atoms with Crippen LogP contribution in [0.1, 0.15) is 88.0 Å². The van der Waals surface area contributed by atoms with Crippen molar-refractivity contribution in [1.29, 1.82) is 0 Å². The second kappa shape index (κ2) is 17.7. The maximum absolute atomic E-state index is 13.8. The number of rotatable bonds is 15. The number of ether oxygens (including phenoxy) is 2. The fourth-order valence-corrected chi connectivity index (χ4v) is 6.91. The first-order chi connectivity index (χ1) is 25.3. The molecule has 1 aromatic carbocycles. The van der Waals surface area contributed by atoms with Crippen LogP contribution >= 0.6 is 0 Å². The molecule has 2 saturated heterocycles. The quantitative estimate of drug-likeness (QED) is 0.206. The molecule has 2 aromatic rings. The number of amides is 4. The zero-order valence-corrected chi connectivity index (χ0v) is 30.0. The highest BCUT2D eigenvalue weighted by molar-refractivity contribution is 5.96. The molecule has 3 heterocycles. The Morgan fingerprint density at radius 2 is 1.67 bits per heavy atom. The normalized spacial score (nSPS) is 20.0. The molecule has 6 rings (SSSR count). The van der Waals surface area contributed by atoms with Crippen molar-refractivity contribution in [2.75, 3.05) is 45.9 Å². The Morgan fingerprint density at radius 1 is 0.923 bits per heavy atom. The summed E-state index contributed by atoms with van der Waals surface area (Å²) in [7, 11) is 0. The van der Waals surface area contributed by atoms with Crippen LogP contribution in [-0.4, -0.2) is 118 Å². The molecule has 1 aromatic heterocycles. The topological polar surface area (TPSA) is 165 Å². The standard InChI is InChI=1S/C37H51N7O8/c1-2-3-22-50-37(49)52-42-20-18-41(19-21-42)36(48)30(23-26-10-7-11-26)39-34(46)29-24-33(44(40-29)28-14-5-4-6-15-28)51-25-32(45)43-17-9-16-31(43)35(47)38-27-12-8-13-27/h4-6,14-15,24,26-27,30-31H,2-3,7-13,16-23,25H2,1H3,(H,38,47)(H,39,46)/t30-,31-/m0/s1. The Kier molecular flexibility index (Phi) is 12.6. The van der Waals surface area contributed by atoms with Gasteiger partial charge < -0.3 is 34.7 Å². The fraction of sp³-hybridized carbons (Fsp3) is 0.622. The number of unbranched alkanes of at least 4 members (excludes halogenated alkanes) is 1. The van der Waals surface area contributed by atoms with E-state index in [0.29, 0.717) is 63.8 Å². The summed E-state index contributed by atoms with van der Waals surface area (Å²) in [6, 6.07) is 9.50. The molecule has 4 amide bonds. The van der Waals surface area contributed by atoms with Crippen LogP contribution in [0.5, 0.6) is 5.88 Å². The smallest absolute Gasteiger partial charge is 0.467 e. The predicted octanol–water partition coefficient (Wildman–Crippen LogP) is 3.21. The lowest BCUT2D eigenvalue weighted by molar-refractivity contribution is -0.158. The number of carbonyl (C=O) groups is 5. The summed E-state index contributed by atoms with van der Waals surface area (Å²) in [6.07, 6.45) is 8.88. The van der Waals surface area contributed by atoms with Crippen LogP contribution in [0.15, 0.2) is 36.4 Å². The van der Waals surface area contributed by atoms with Gasteiger partial charge in [0, 0.05) is 31.7 Å². The van der Waals surface area contributed by atoms with Crippen molar-refractivity contribution in [2.24, 2.45) is 5.92 Å². The highest BCUT2D eigenvalue weighted by atomic mass is 16.8. The molecule has 0 bridgehead atoms. The Bertz CT molecular complexity index is 1550. The number of benzene rings is 1. The van der Waals surface area contributed by atoms with Crippen LogP contribution in [0.3, 0.4) is 0 Å². The van der Waals surface area contributed by atoms with Crippen molar-refractivity contribution >= 4 is 29.8 Å². The number of para-hydroxylation sites is 1. The number of hydrogen-bond acceptors (Lipinski definition) is 10. The first-order valence-corrected chi connectivity index (χ1v) is 18.9. The van der Waals surface area contributed by atoms with Gasteiger partial charge in [-0.25, -0.2) is 9.48 Å². The third-order valence-electron chi connectivity index (χ3n) is 10.4. The van der Waals surface area contributed by atoms with Crippen molar-refractivity contribution in [2.45, 2.75) is 95.7 Å². The molecular formula is C37H51N7O8. The minimum atomic E-state index is -0.768. The van der Waals surface area contributed by atoms with E-state index in [9.17, 15) is 24.0 Å². The molecule has 0 radical (unpaired) electrons. The summed E-state index contributed by atoms with van der Waals surface area (Å²) in [5.74, 6) is -0.654. The van der Waals surface area contributed by atoms with Gasteiger partial charge in [0.1, 0.15) is 12.1 Å². The molecule has 52 heavy (non-hydrogen) atoms. The molecule has 2 saturated carbocycles. The number of piperazine rings is 1. The van der Waals surface area contributed by atoms with Crippen LogP contribution in [0.25, 0.3) is 5.69 Å². The third-order valence-corrected chi connectivity index (χ3v) is 10.4. The summed E-state index contributed by atoms with van der Waals surface area (Å²) >= 11 is 0. The van der Waals surface area contributed by atoms with Crippen molar-refractivity contribution in [3.63, 3.8) is 0 Å². The Hall–Kier alpha value is -4.66. The molecule has 2 aliphatic heterocycles. The average molecular weight is 722 g/mol. The van der Waals surface area contributed by atoms with Crippen molar-refractivity contribution < 1.29 is 38.3 Å². The van der Waals surface area contributed by atoms with E-state index in [4.69, 9.17) is 14.3 Å². The zero-order chi connectivity index (χ0) is 36.5.